The number of hydrogen-bond acceptors (Lipinski definition) is 4. The van der Waals surface area contributed by atoms with E-state index < -0.39 is 5.72 Å². The first kappa shape index (κ1) is 29.6. The summed E-state index contributed by atoms with van der Waals surface area (Å²) in [5.41, 5.74) is 12.1. The molecular formula is C36H45N5O. The number of H-pyrrole nitrogens is 2. The van der Waals surface area contributed by atoms with Gasteiger partial charge in [-0.15, -0.1) is 0 Å². The molecular weight excluding hydrogens is 518 g/mol. The van der Waals surface area contributed by atoms with Crippen molar-refractivity contribution in [1.82, 2.24) is 9.97 Å². The Bertz CT molecular complexity index is 1740. The lowest BCUT2D eigenvalue weighted by Crippen LogP contribution is -2.32. The Morgan fingerprint density at radius 1 is 0.667 bits per heavy atom. The molecule has 1 atom stereocenters. The number of aromatic nitrogens is 2. The monoisotopic (exact) mass is 563 g/mol. The molecule has 6 nitrogen and oxygen atoms in total. The van der Waals surface area contributed by atoms with E-state index in [-0.39, 0.29) is 0 Å². The summed E-state index contributed by atoms with van der Waals surface area (Å²) in [5.74, 6) is 0.525. The van der Waals surface area contributed by atoms with Gasteiger partial charge < -0.3 is 14.7 Å². The zero-order chi connectivity index (χ0) is 30.2. The number of nitrogens with zero attached hydrogens (tertiary/aromatic N) is 3. The number of hydrogen-bond donors (Lipinski definition) is 2. The molecule has 2 aromatic rings. The number of nitriles is 1. The molecule has 5 heterocycles. The Hall–Kier alpha value is -3.85. The largest absolute Gasteiger partial charge is 0.431 e. The smallest absolute Gasteiger partial charge is 0.313 e. The van der Waals surface area contributed by atoms with Gasteiger partial charge in [0.05, 0.1) is 11.4 Å². The minimum Gasteiger partial charge on any atom is -0.431 e. The second-order valence-corrected chi connectivity index (χ2v) is 11.2. The number of rotatable bonds is 8. The average Bonchev–Trinajstić information content (AvgIpc) is 3.70. The maximum atomic E-state index is 10.7. The Labute approximate surface area is 250 Å². The maximum absolute atomic E-state index is 10.7. The zero-order valence-electron chi connectivity index (χ0n) is 26.6. The third-order valence-corrected chi connectivity index (χ3v) is 9.16. The fraction of sp³-hybridized carbons (Fsp3) is 0.472. The van der Waals surface area contributed by atoms with Crippen LogP contribution in [0.15, 0.2) is 38.0 Å². The van der Waals surface area contributed by atoms with Gasteiger partial charge in [0, 0.05) is 33.2 Å². The molecule has 0 radical (unpaired) electrons. The molecule has 6 heteroatoms. The number of allylic oxidation sites excluding steroid dienone is 2. The molecule has 3 aliphatic rings. The van der Waals surface area contributed by atoms with Crippen molar-refractivity contribution in [2.24, 2.45) is 9.98 Å². The molecule has 8 bridgehead atoms. The lowest BCUT2D eigenvalue weighted by Gasteiger charge is -2.24. The SMILES string of the molecule is CCC1=C(CC)/C2=C/c3[nH]c(c(CC)c3CC)/C=c3\[nH]/c(c(CC)c3CC)=C\C3=NC(C#N)(OC1=N2)C(CC)=C3CC. The Kier molecular flexibility index (Phi) is 8.32. The normalized spacial score (nSPS) is 22.5. The van der Waals surface area contributed by atoms with Gasteiger partial charge in [0.25, 0.3) is 0 Å². The van der Waals surface area contributed by atoms with Gasteiger partial charge >= 0.3 is 5.72 Å². The summed E-state index contributed by atoms with van der Waals surface area (Å²) >= 11 is 0. The molecule has 0 saturated heterocycles. The minimum absolute atomic E-state index is 0.525. The van der Waals surface area contributed by atoms with Gasteiger partial charge in [-0.2, -0.15) is 5.26 Å². The van der Waals surface area contributed by atoms with Crippen molar-refractivity contribution < 1.29 is 4.74 Å². The third kappa shape index (κ3) is 4.54. The van der Waals surface area contributed by atoms with Crippen molar-refractivity contribution in [1.29, 1.82) is 5.26 Å². The minimum atomic E-state index is -1.43. The van der Waals surface area contributed by atoms with E-state index in [0.29, 0.717) is 12.3 Å². The van der Waals surface area contributed by atoms with Crippen LogP contribution in [0.4, 0.5) is 0 Å². The summed E-state index contributed by atoms with van der Waals surface area (Å²) in [7, 11) is 0. The molecule has 0 aromatic carbocycles. The van der Waals surface area contributed by atoms with Crippen LogP contribution >= 0.6 is 0 Å². The molecule has 1 unspecified atom stereocenters. The molecule has 5 rings (SSSR count). The van der Waals surface area contributed by atoms with Crippen LogP contribution in [0.2, 0.25) is 0 Å². The van der Waals surface area contributed by atoms with E-state index in [2.05, 4.69) is 89.7 Å². The van der Waals surface area contributed by atoms with Gasteiger partial charge in [-0.3, -0.25) is 0 Å². The molecule has 0 saturated carbocycles. The van der Waals surface area contributed by atoms with Gasteiger partial charge in [-0.1, -0.05) is 55.4 Å². The summed E-state index contributed by atoms with van der Waals surface area (Å²) in [6.07, 6.45) is 13.4. The lowest BCUT2D eigenvalue weighted by molar-refractivity contribution is 0.162. The highest BCUT2D eigenvalue weighted by Crippen LogP contribution is 2.41. The Morgan fingerprint density at radius 3 is 1.76 bits per heavy atom. The van der Waals surface area contributed by atoms with Crippen molar-refractivity contribution in [2.45, 2.75) is 112 Å². The van der Waals surface area contributed by atoms with Crippen LogP contribution in [0.25, 0.3) is 18.2 Å². The second kappa shape index (κ2) is 11.8. The molecule has 2 N–H and O–H groups in total. The summed E-state index contributed by atoms with van der Waals surface area (Å²) in [4.78, 5) is 17.7. The Balaban J connectivity index is 1.93. The molecule has 2 aromatic heterocycles. The summed E-state index contributed by atoms with van der Waals surface area (Å²) in [6.45, 7) is 17.4. The molecule has 0 aliphatic carbocycles. The van der Waals surface area contributed by atoms with Crippen LogP contribution in [0.3, 0.4) is 0 Å². The first-order valence-corrected chi connectivity index (χ1v) is 16.0. The molecule has 0 amide bonds. The summed E-state index contributed by atoms with van der Waals surface area (Å²) in [6, 6.07) is 2.49. The van der Waals surface area contributed by atoms with Crippen molar-refractivity contribution in [3.05, 3.63) is 72.3 Å². The van der Waals surface area contributed by atoms with Crippen molar-refractivity contribution in [3.63, 3.8) is 0 Å². The third-order valence-electron chi connectivity index (χ3n) is 9.16. The van der Waals surface area contributed by atoms with E-state index >= 15 is 0 Å². The number of aromatic amines is 2. The van der Waals surface area contributed by atoms with Gasteiger partial charge in [0.2, 0.25) is 5.90 Å². The Morgan fingerprint density at radius 2 is 1.24 bits per heavy atom. The first-order chi connectivity index (χ1) is 20.4. The van der Waals surface area contributed by atoms with Crippen LogP contribution in [-0.2, 0) is 30.4 Å². The van der Waals surface area contributed by atoms with Crippen LogP contribution in [0, 0.1) is 11.3 Å². The number of nitrogens with one attached hydrogen (secondary N) is 2. The van der Waals surface area contributed by atoms with E-state index in [9.17, 15) is 5.26 Å². The van der Waals surface area contributed by atoms with Gasteiger partial charge in [0.1, 0.15) is 6.07 Å². The van der Waals surface area contributed by atoms with E-state index in [4.69, 9.17) is 14.7 Å². The van der Waals surface area contributed by atoms with Crippen LogP contribution < -0.4 is 10.7 Å². The number of aliphatic imine (C=N–C) groups is 2. The van der Waals surface area contributed by atoms with Crippen LogP contribution in [0.5, 0.6) is 0 Å². The van der Waals surface area contributed by atoms with Crippen LogP contribution in [0.1, 0.15) is 115 Å². The number of fused-ring (bicyclic) bond motifs is 6. The predicted molar refractivity (Wildman–Crippen MR) is 174 cm³/mol. The van der Waals surface area contributed by atoms with E-state index in [1.54, 1.807) is 0 Å². The molecule has 220 valence electrons. The van der Waals surface area contributed by atoms with Gasteiger partial charge in [0.15, 0.2) is 0 Å². The summed E-state index contributed by atoms with van der Waals surface area (Å²) < 4.78 is 6.72. The van der Waals surface area contributed by atoms with E-state index in [0.717, 1.165) is 95.2 Å². The van der Waals surface area contributed by atoms with E-state index in [1.165, 1.54) is 27.8 Å². The molecule has 42 heavy (non-hydrogen) atoms. The summed E-state index contributed by atoms with van der Waals surface area (Å²) in [5, 5.41) is 12.9. The highest BCUT2D eigenvalue weighted by molar-refractivity contribution is 6.23. The maximum Gasteiger partial charge on any atom is 0.313 e. The standard InChI is InChI=1S/C36H45N5O/c1-9-21-22(10-2)31-18-33-25(13-5)26(14-6)35(40-33)42-36(20-37)28(16-8)27(15-7)34(41-36)19-32-24(12-4)23(11-3)30(39-32)17-29(21)38-31/h17-19,38-39H,9-16H2,1-8H3/b30-17-,32-19-,33-18-. The number of ether oxygens (including phenoxy) is 1. The highest BCUT2D eigenvalue weighted by Gasteiger charge is 2.45. The highest BCUT2D eigenvalue weighted by atomic mass is 16.5. The van der Waals surface area contributed by atoms with Crippen molar-refractivity contribution in [2.75, 3.05) is 0 Å². The predicted octanol–water partition coefficient (Wildman–Crippen LogP) is 6.89. The molecule has 0 spiro atoms. The van der Waals surface area contributed by atoms with Crippen LogP contribution in [-0.4, -0.2) is 27.3 Å². The van der Waals surface area contributed by atoms with Crippen molar-refractivity contribution >= 4 is 29.8 Å². The van der Waals surface area contributed by atoms with Crippen molar-refractivity contribution in [3.8, 4) is 6.07 Å². The topological polar surface area (TPSA) is 89.3 Å². The first-order valence-electron chi connectivity index (χ1n) is 16.0. The lowest BCUT2D eigenvalue weighted by atomic mass is 9.95. The van der Waals surface area contributed by atoms with E-state index in [1.807, 2.05) is 0 Å². The molecule has 3 aliphatic heterocycles. The van der Waals surface area contributed by atoms with Gasteiger partial charge in [-0.25, -0.2) is 9.98 Å². The van der Waals surface area contributed by atoms with Gasteiger partial charge in [-0.05, 0) is 103 Å². The molecule has 0 fully saturated rings. The quantitative estimate of drug-likeness (QED) is 0.366. The second-order valence-electron chi connectivity index (χ2n) is 11.2. The fourth-order valence-electron chi connectivity index (χ4n) is 7.23. The fourth-order valence-corrected chi connectivity index (χ4v) is 7.23. The average molecular weight is 564 g/mol. The zero-order valence-corrected chi connectivity index (χ0v) is 26.6.